The Labute approximate surface area is 105 Å². The summed E-state index contributed by atoms with van der Waals surface area (Å²) in [5.74, 6) is -3.18. The van der Waals surface area contributed by atoms with Crippen LogP contribution in [-0.2, 0) is 4.79 Å². The zero-order valence-electron chi connectivity index (χ0n) is 10.2. The lowest BCUT2D eigenvalue weighted by molar-refractivity contribution is -0.141. The van der Waals surface area contributed by atoms with Crippen molar-refractivity contribution >= 4 is 5.97 Å². The molecule has 3 N–H and O–H groups in total. The van der Waals surface area contributed by atoms with Gasteiger partial charge in [0.2, 0.25) is 0 Å². The van der Waals surface area contributed by atoms with Gasteiger partial charge >= 0.3 is 5.97 Å². The molecule has 0 saturated heterocycles. The van der Waals surface area contributed by atoms with Gasteiger partial charge in [-0.3, -0.25) is 4.79 Å². The van der Waals surface area contributed by atoms with Crippen LogP contribution in [-0.4, -0.2) is 17.6 Å². The molecule has 0 bridgehead atoms. The molecule has 1 aromatic carbocycles. The lowest BCUT2D eigenvalue weighted by atomic mass is 9.87. The van der Waals surface area contributed by atoms with Crippen molar-refractivity contribution in [3.05, 3.63) is 35.4 Å². The van der Waals surface area contributed by atoms with Crippen molar-refractivity contribution in [3.8, 4) is 0 Å². The van der Waals surface area contributed by atoms with E-state index in [0.29, 0.717) is 12.0 Å². The molecular weight excluding hydrogens is 240 g/mol. The van der Waals surface area contributed by atoms with Gasteiger partial charge in [0, 0.05) is 12.6 Å². The molecule has 0 aliphatic heterocycles. The van der Waals surface area contributed by atoms with Gasteiger partial charge in [0.05, 0.1) is 5.92 Å². The van der Waals surface area contributed by atoms with Gasteiger partial charge < -0.3 is 10.8 Å². The summed E-state index contributed by atoms with van der Waals surface area (Å²) in [6.07, 6.45) is 0.887. The van der Waals surface area contributed by atoms with Crippen LogP contribution in [0.25, 0.3) is 0 Å². The number of hydrogen-bond acceptors (Lipinski definition) is 2. The topological polar surface area (TPSA) is 63.3 Å². The normalized spacial score (nSPS) is 14.2. The van der Waals surface area contributed by atoms with Gasteiger partial charge in [-0.15, -0.1) is 0 Å². The average molecular weight is 257 g/mol. The number of halogens is 2. The van der Waals surface area contributed by atoms with Crippen LogP contribution in [0.2, 0.25) is 0 Å². The zero-order chi connectivity index (χ0) is 13.7. The molecule has 0 spiro atoms. The van der Waals surface area contributed by atoms with Crippen molar-refractivity contribution in [3.63, 3.8) is 0 Å². The van der Waals surface area contributed by atoms with E-state index < -0.39 is 23.5 Å². The molecule has 100 valence electrons. The van der Waals surface area contributed by atoms with Crippen LogP contribution in [0.1, 0.15) is 31.2 Å². The summed E-state index contributed by atoms with van der Waals surface area (Å²) >= 11 is 0. The van der Waals surface area contributed by atoms with Crippen molar-refractivity contribution in [2.24, 2.45) is 11.7 Å². The number of carboxylic acids is 1. The Morgan fingerprint density at radius 3 is 2.28 bits per heavy atom. The lowest BCUT2D eigenvalue weighted by Crippen LogP contribution is -2.25. The summed E-state index contributed by atoms with van der Waals surface area (Å²) < 4.78 is 26.2. The van der Waals surface area contributed by atoms with Crippen molar-refractivity contribution in [2.75, 3.05) is 6.54 Å². The van der Waals surface area contributed by atoms with Gasteiger partial charge in [0.15, 0.2) is 0 Å². The van der Waals surface area contributed by atoms with Crippen LogP contribution in [0, 0.1) is 17.6 Å². The molecule has 0 saturated carbocycles. The second-order valence-electron chi connectivity index (χ2n) is 4.31. The summed E-state index contributed by atoms with van der Waals surface area (Å²) in [5, 5.41) is 8.95. The highest BCUT2D eigenvalue weighted by molar-refractivity contribution is 5.70. The summed E-state index contributed by atoms with van der Waals surface area (Å²) in [4.78, 5) is 10.9. The summed E-state index contributed by atoms with van der Waals surface area (Å²) in [6.45, 7) is 1.87. The van der Waals surface area contributed by atoms with Crippen LogP contribution in [0.15, 0.2) is 18.2 Å². The standard InChI is InChI=1S/C13H17F2NO2/c1-2-8(3-10(7-16)13(17)18)9-4-11(14)6-12(15)5-9/h4-6,8,10H,2-3,7,16H2,1H3,(H,17,18). The zero-order valence-corrected chi connectivity index (χ0v) is 10.2. The number of carbonyl (C=O) groups is 1. The quantitative estimate of drug-likeness (QED) is 0.823. The van der Waals surface area contributed by atoms with E-state index >= 15 is 0 Å². The first-order chi connectivity index (χ1) is 8.47. The van der Waals surface area contributed by atoms with Gasteiger partial charge in [-0.2, -0.15) is 0 Å². The molecule has 18 heavy (non-hydrogen) atoms. The summed E-state index contributed by atoms with van der Waals surface area (Å²) in [6, 6.07) is 3.28. The lowest BCUT2D eigenvalue weighted by Gasteiger charge is -2.19. The maximum Gasteiger partial charge on any atom is 0.307 e. The maximum atomic E-state index is 13.1. The second-order valence-corrected chi connectivity index (χ2v) is 4.31. The number of hydrogen-bond donors (Lipinski definition) is 2. The monoisotopic (exact) mass is 257 g/mol. The fourth-order valence-electron chi connectivity index (χ4n) is 1.99. The average Bonchev–Trinajstić information content (AvgIpc) is 2.28. The van der Waals surface area contributed by atoms with Gasteiger partial charge in [0.25, 0.3) is 0 Å². The molecule has 0 aromatic heterocycles. The smallest absolute Gasteiger partial charge is 0.307 e. The van der Waals surface area contributed by atoms with E-state index in [4.69, 9.17) is 10.8 Å². The van der Waals surface area contributed by atoms with Gasteiger partial charge in [-0.25, -0.2) is 8.78 Å². The number of carboxylic acid groups (broad SMARTS) is 1. The molecule has 5 heteroatoms. The SMILES string of the molecule is CCC(CC(CN)C(=O)O)c1cc(F)cc(F)c1. The third kappa shape index (κ3) is 3.77. The Kier molecular flexibility index (Phi) is 5.22. The molecule has 2 atom stereocenters. The summed E-state index contributed by atoms with van der Waals surface area (Å²) in [7, 11) is 0. The Bertz CT molecular complexity index is 403. The van der Waals surface area contributed by atoms with Crippen LogP contribution in [0.5, 0.6) is 0 Å². The molecule has 2 unspecified atom stereocenters. The predicted octanol–water partition coefficient (Wildman–Crippen LogP) is 2.51. The van der Waals surface area contributed by atoms with Crippen molar-refractivity contribution < 1.29 is 18.7 Å². The van der Waals surface area contributed by atoms with E-state index in [0.717, 1.165) is 6.07 Å². The van der Waals surface area contributed by atoms with Crippen LogP contribution < -0.4 is 5.73 Å². The van der Waals surface area contributed by atoms with Gasteiger partial charge in [-0.1, -0.05) is 6.92 Å². The van der Waals surface area contributed by atoms with Crippen LogP contribution >= 0.6 is 0 Å². The van der Waals surface area contributed by atoms with Gasteiger partial charge in [0.1, 0.15) is 11.6 Å². The van der Waals surface area contributed by atoms with E-state index in [1.54, 1.807) is 0 Å². The minimum absolute atomic E-state index is 0.0175. The Balaban J connectivity index is 2.91. The maximum absolute atomic E-state index is 13.1. The third-order valence-corrected chi connectivity index (χ3v) is 3.05. The van der Waals surface area contributed by atoms with Gasteiger partial charge in [-0.05, 0) is 36.5 Å². The molecular formula is C13H17F2NO2. The molecule has 0 heterocycles. The molecule has 0 aliphatic carbocycles. The van der Waals surface area contributed by atoms with Crippen LogP contribution in [0.4, 0.5) is 8.78 Å². The molecule has 3 nitrogen and oxygen atoms in total. The fourth-order valence-corrected chi connectivity index (χ4v) is 1.99. The highest BCUT2D eigenvalue weighted by atomic mass is 19.1. The largest absolute Gasteiger partial charge is 0.481 e. The van der Waals surface area contributed by atoms with Crippen molar-refractivity contribution in [1.29, 1.82) is 0 Å². The second kappa shape index (κ2) is 6.44. The molecule has 0 amide bonds. The third-order valence-electron chi connectivity index (χ3n) is 3.05. The molecule has 1 rings (SSSR count). The Hall–Kier alpha value is -1.49. The van der Waals surface area contributed by atoms with Crippen LogP contribution in [0.3, 0.4) is 0 Å². The number of nitrogens with two attached hydrogens (primary N) is 1. The first kappa shape index (κ1) is 14.6. The van der Waals surface area contributed by atoms with Crippen molar-refractivity contribution in [2.45, 2.75) is 25.7 Å². The van der Waals surface area contributed by atoms with E-state index in [2.05, 4.69) is 0 Å². The highest BCUT2D eigenvalue weighted by Crippen LogP contribution is 2.28. The van der Waals surface area contributed by atoms with E-state index in [-0.39, 0.29) is 18.9 Å². The number of benzene rings is 1. The molecule has 1 aromatic rings. The van der Waals surface area contributed by atoms with E-state index in [1.807, 2.05) is 6.92 Å². The molecule has 0 radical (unpaired) electrons. The first-order valence-corrected chi connectivity index (χ1v) is 5.86. The molecule has 0 aliphatic rings. The first-order valence-electron chi connectivity index (χ1n) is 5.86. The Morgan fingerprint density at radius 2 is 1.89 bits per heavy atom. The molecule has 0 fully saturated rings. The van der Waals surface area contributed by atoms with E-state index in [1.165, 1.54) is 12.1 Å². The Morgan fingerprint density at radius 1 is 1.33 bits per heavy atom. The summed E-state index contributed by atoms with van der Waals surface area (Å²) in [5.41, 5.74) is 5.87. The minimum Gasteiger partial charge on any atom is -0.481 e. The van der Waals surface area contributed by atoms with E-state index in [9.17, 15) is 13.6 Å². The highest BCUT2D eigenvalue weighted by Gasteiger charge is 2.22. The fraction of sp³-hybridized carbons (Fsp3) is 0.462. The predicted molar refractivity (Wildman–Crippen MR) is 64.2 cm³/mol. The van der Waals surface area contributed by atoms with Crippen molar-refractivity contribution in [1.82, 2.24) is 0 Å². The number of aliphatic carboxylic acids is 1. The minimum atomic E-state index is -0.979. The number of rotatable bonds is 6.